The van der Waals surface area contributed by atoms with Crippen LogP contribution < -0.4 is 77.5 Å². The van der Waals surface area contributed by atoms with Crippen LogP contribution in [0.1, 0.15) is 0 Å². The summed E-state index contributed by atoms with van der Waals surface area (Å²) in [5.74, 6) is 0. The van der Waals surface area contributed by atoms with E-state index in [2.05, 4.69) is 0 Å². The van der Waals surface area contributed by atoms with E-state index < -0.39 is 0 Å². The molecule has 0 fully saturated rings. The Morgan fingerprint density at radius 2 is 0.750 bits per heavy atom. The van der Waals surface area contributed by atoms with Crippen LogP contribution in [-0.4, -0.2) is 27.3 Å². The minimum absolute atomic E-state index is 0. The number of halogens is 2. The summed E-state index contributed by atoms with van der Waals surface area (Å²) in [6, 6.07) is 0. The molecule has 0 aliphatic rings. The van der Waals surface area contributed by atoms with Gasteiger partial charge in [-0.15, -0.1) is 0 Å². The first kappa shape index (κ1) is 26.3. The molecule has 0 nitrogen and oxygen atoms in total. The maximum Gasteiger partial charge on any atom is 1.00 e. The van der Waals surface area contributed by atoms with Gasteiger partial charge >= 0.3 is 56.9 Å². The van der Waals surface area contributed by atoms with E-state index in [-0.39, 0.29) is 105 Å². The zero-order valence-electron chi connectivity index (χ0n) is 2.33. The molecule has 0 atom stereocenters. The second kappa shape index (κ2) is 16.2. The van der Waals surface area contributed by atoms with Crippen molar-refractivity contribution >= 4 is 27.3 Å². The van der Waals surface area contributed by atoms with Crippen molar-refractivity contribution in [3.05, 3.63) is 0 Å². The largest absolute Gasteiger partial charge is 1.00 e. The molecule has 0 aliphatic heterocycles. The molecule has 0 rings (SSSR count). The molecule has 0 aliphatic carbocycles. The molecule has 0 radical (unpaired) electrons. The van der Waals surface area contributed by atoms with Gasteiger partial charge in [0.2, 0.25) is 0 Å². The Bertz CT molecular complexity index is 6.00. The molecule has 0 spiro atoms. The van der Waals surface area contributed by atoms with Crippen LogP contribution in [0.15, 0.2) is 0 Å². The Kier molecular flexibility index (Phi) is 106. The van der Waals surface area contributed by atoms with E-state index in [1.807, 2.05) is 0 Å². The molecule has 0 aromatic carbocycles. The molecule has 4 heteroatoms. The summed E-state index contributed by atoms with van der Waals surface area (Å²) in [6.45, 7) is 0. The monoisotopic (exact) mass is 482 g/mol. The van der Waals surface area contributed by atoms with E-state index in [0.29, 0.717) is 0 Å². The van der Waals surface area contributed by atoms with Crippen LogP contribution in [0.25, 0.3) is 0 Å². The molecule has 0 saturated carbocycles. The van der Waals surface area contributed by atoms with Gasteiger partial charge < -0.3 is 48.0 Å². The van der Waals surface area contributed by atoms with Crippen molar-refractivity contribution in [2.75, 3.05) is 0 Å². The van der Waals surface area contributed by atoms with Crippen molar-refractivity contribution < 1.29 is 77.5 Å². The number of hydrogen-bond donors (Lipinski definition) is 0. The molecule has 0 saturated heterocycles. The van der Waals surface area contributed by atoms with Gasteiger partial charge in [-0.2, -0.15) is 0 Å². The van der Waals surface area contributed by atoms with E-state index in [0.717, 1.165) is 0 Å². The SMILES string of the molecule is [I-].[I-].[Na+].[Tl+]. The van der Waals surface area contributed by atoms with Crippen LogP contribution in [-0.2, 0) is 0 Å². The minimum Gasteiger partial charge on any atom is -1.00 e. The van der Waals surface area contributed by atoms with Gasteiger partial charge in [-0.3, -0.25) is 0 Å². The maximum atomic E-state index is 0. The standard InChI is InChI=1S/2HI.Na.Tl/h2*1H;;/q;;2*+1/p-2. The summed E-state index contributed by atoms with van der Waals surface area (Å²) in [4.78, 5) is 0. The van der Waals surface area contributed by atoms with E-state index in [1.165, 1.54) is 0 Å². The summed E-state index contributed by atoms with van der Waals surface area (Å²) in [7, 11) is 0. The minimum atomic E-state index is 0. The average molecular weight is 481 g/mol. The number of rotatable bonds is 0. The van der Waals surface area contributed by atoms with Gasteiger partial charge in [0.15, 0.2) is 0 Å². The van der Waals surface area contributed by atoms with Crippen molar-refractivity contribution in [3.8, 4) is 0 Å². The zero-order valence-corrected chi connectivity index (χ0v) is 13.1. The molecule has 0 amide bonds. The molecule has 0 unspecified atom stereocenters. The molecular weight excluding hydrogens is 481 g/mol. The predicted molar refractivity (Wildman–Crippen MR) is 5.75 cm³/mol. The first-order chi connectivity index (χ1) is 0. The third-order valence-electron chi connectivity index (χ3n) is 0. The molecule has 0 N–H and O–H groups in total. The van der Waals surface area contributed by atoms with Crippen molar-refractivity contribution in [1.29, 1.82) is 0 Å². The van der Waals surface area contributed by atoms with Crippen LogP contribution in [0.5, 0.6) is 0 Å². The van der Waals surface area contributed by atoms with Gasteiger partial charge in [-0.05, 0) is 0 Å². The van der Waals surface area contributed by atoms with Crippen molar-refractivity contribution in [2.45, 2.75) is 0 Å². The van der Waals surface area contributed by atoms with Gasteiger partial charge in [0.05, 0.1) is 0 Å². The van der Waals surface area contributed by atoms with Crippen LogP contribution in [0.2, 0.25) is 0 Å². The van der Waals surface area contributed by atoms with E-state index in [9.17, 15) is 0 Å². The summed E-state index contributed by atoms with van der Waals surface area (Å²) in [6.07, 6.45) is 0. The fourth-order valence-corrected chi connectivity index (χ4v) is 0. The Balaban J connectivity index is 0. The molecule has 0 aromatic heterocycles. The first-order valence-corrected chi connectivity index (χ1v) is 0. The van der Waals surface area contributed by atoms with Crippen molar-refractivity contribution in [3.63, 3.8) is 0 Å². The summed E-state index contributed by atoms with van der Waals surface area (Å²) < 4.78 is 0. The first-order valence-electron chi connectivity index (χ1n) is 0. The maximum absolute atomic E-state index is 0. The van der Waals surface area contributed by atoms with E-state index in [4.69, 9.17) is 0 Å². The summed E-state index contributed by atoms with van der Waals surface area (Å²) in [5.41, 5.74) is 0. The molecule has 0 bridgehead atoms. The van der Waals surface area contributed by atoms with Gasteiger partial charge in [0.1, 0.15) is 0 Å². The van der Waals surface area contributed by atoms with Gasteiger partial charge in [-0.1, -0.05) is 0 Å². The Morgan fingerprint density at radius 3 is 0.750 bits per heavy atom. The third-order valence-corrected chi connectivity index (χ3v) is 0. The topological polar surface area (TPSA) is 0 Å². The van der Waals surface area contributed by atoms with Crippen LogP contribution in [0.4, 0.5) is 0 Å². The van der Waals surface area contributed by atoms with Gasteiger partial charge in [0, 0.05) is 0 Å². The fourth-order valence-electron chi connectivity index (χ4n) is 0. The predicted octanol–water partition coefficient (Wildman–Crippen LogP) is -9.37. The Labute approximate surface area is 102 Å². The normalized spacial score (nSPS) is 0. The van der Waals surface area contributed by atoms with Crippen LogP contribution in [0, 0.1) is 0 Å². The zero-order chi connectivity index (χ0) is 0. The molecule has 18 valence electrons. The summed E-state index contributed by atoms with van der Waals surface area (Å²) in [5, 5.41) is 0. The Morgan fingerprint density at radius 1 is 0.750 bits per heavy atom. The van der Waals surface area contributed by atoms with Crippen molar-refractivity contribution in [2.24, 2.45) is 0 Å². The average Bonchev–Trinajstić information content (AvgIpc) is 0. The second-order valence-electron chi connectivity index (χ2n) is 0. The van der Waals surface area contributed by atoms with E-state index in [1.54, 1.807) is 0 Å². The molecular formula is I2NaTl. The molecule has 0 aromatic rings. The number of hydrogen-bond acceptors (Lipinski definition) is 0. The van der Waals surface area contributed by atoms with Gasteiger partial charge in [-0.25, -0.2) is 0 Å². The van der Waals surface area contributed by atoms with Crippen LogP contribution >= 0.6 is 0 Å². The second-order valence-corrected chi connectivity index (χ2v) is 0. The molecule has 0 heterocycles. The quantitative estimate of drug-likeness (QED) is 0.239. The fraction of sp³-hybridized carbons (Fsp3) is 0. The van der Waals surface area contributed by atoms with Crippen LogP contribution in [0.3, 0.4) is 0 Å². The van der Waals surface area contributed by atoms with Gasteiger partial charge in [0.25, 0.3) is 0 Å². The van der Waals surface area contributed by atoms with Crippen molar-refractivity contribution in [1.82, 2.24) is 0 Å². The third kappa shape index (κ3) is 9.04. The molecule has 4 heavy (non-hydrogen) atoms. The smallest absolute Gasteiger partial charge is 1.00 e. The van der Waals surface area contributed by atoms with E-state index >= 15 is 0 Å². The Hall–Kier alpha value is 3.38. The summed E-state index contributed by atoms with van der Waals surface area (Å²) >= 11 is 0.